The molecule has 1 atom stereocenters. The van der Waals surface area contributed by atoms with E-state index in [1.54, 1.807) is 0 Å². The van der Waals surface area contributed by atoms with Crippen molar-refractivity contribution in [3.63, 3.8) is 0 Å². The van der Waals surface area contributed by atoms with Crippen LogP contribution in [-0.4, -0.2) is 0 Å². The Morgan fingerprint density at radius 2 is 0.671 bits per heavy atom. The molecule has 11 aromatic rings. The molecule has 2 nitrogen and oxygen atoms in total. The highest BCUT2D eigenvalue weighted by atomic mass is 15.1. The number of hydrogen-bond donors (Lipinski definition) is 0. The predicted octanol–water partition coefficient (Wildman–Crippen LogP) is 18.9. The van der Waals surface area contributed by atoms with Gasteiger partial charge in [0.05, 0.1) is 6.07 Å². The van der Waals surface area contributed by atoms with E-state index in [4.69, 9.17) is 0 Å². The Morgan fingerprint density at radius 1 is 0.301 bits per heavy atom. The van der Waals surface area contributed by atoms with Gasteiger partial charge in [0, 0.05) is 27.9 Å². The zero-order valence-electron chi connectivity index (χ0n) is 41.8. The van der Waals surface area contributed by atoms with Gasteiger partial charge in [-0.1, -0.05) is 204 Å². The van der Waals surface area contributed by atoms with Crippen molar-refractivity contribution in [3.8, 4) is 72.8 Å². The Bertz CT molecular complexity index is 4060. The van der Waals surface area contributed by atoms with Gasteiger partial charge in [0.2, 0.25) is 0 Å². The van der Waals surface area contributed by atoms with Crippen molar-refractivity contribution in [2.75, 3.05) is 4.90 Å². The van der Waals surface area contributed by atoms with Crippen molar-refractivity contribution in [1.29, 1.82) is 5.26 Å². The van der Waals surface area contributed by atoms with Gasteiger partial charge in [0.15, 0.2) is 0 Å². The Labute approximate surface area is 428 Å². The third kappa shape index (κ3) is 6.16. The van der Waals surface area contributed by atoms with Crippen LogP contribution >= 0.6 is 0 Å². The monoisotopic (exact) mass is 932 g/mol. The molecular formula is C71H52N2. The summed E-state index contributed by atoms with van der Waals surface area (Å²) in [6.07, 6.45) is 0. The molecule has 0 amide bonds. The second kappa shape index (κ2) is 15.6. The van der Waals surface area contributed by atoms with Crippen LogP contribution in [0.5, 0.6) is 0 Å². The minimum atomic E-state index is -0.909. The number of fused-ring (bicyclic) bond motifs is 11. The van der Waals surface area contributed by atoms with Gasteiger partial charge in [-0.2, -0.15) is 5.26 Å². The van der Waals surface area contributed by atoms with Gasteiger partial charge < -0.3 is 4.90 Å². The average molecular weight is 933 g/mol. The van der Waals surface area contributed by atoms with E-state index in [9.17, 15) is 5.26 Å². The highest BCUT2D eigenvalue weighted by molar-refractivity contribution is 6.22. The topological polar surface area (TPSA) is 27.0 Å². The first-order chi connectivity index (χ1) is 35.5. The minimum Gasteiger partial charge on any atom is -0.310 e. The van der Waals surface area contributed by atoms with Crippen molar-refractivity contribution in [3.05, 3.63) is 258 Å². The van der Waals surface area contributed by atoms with E-state index < -0.39 is 5.41 Å². The van der Waals surface area contributed by atoms with Crippen molar-refractivity contribution >= 4 is 38.6 Å². The number of benzene rings is 11. The van der Waals surface area contributed by atoms with Gasteiger partial charge in [-0.05, 0) is 177 Å². The Kier molecular flexibility index (Phi) is 9.21. The van der Waals surface area contributed by atoms with E-state index in [-0.39, 0.29) is 10.8 Å². The molecule has 1 unspecified atom stereocenters. The Morgan fingerprint density at radius 3 is 1.19 bits per heavy atom. The van der Waals surface area contributed by atoms with Gasteiger partial charge >= 0.3 is 0 Å². The SMILES string of the molecule is CC1(C)c2ccccc2-c2ccc(N(c3ccc4c(c3)C(C)(C)c3ccccc3-4)c3ccc4c(c3)C(C)(C#N)c3cc(-c5ccc6c(-c7ccccc7)c7ccccc7c(-c7ccccc7)c6c5)ccc3-4)cc21. The molecule has 0 radical (unpaired) electrons. The van der Waals surface area contributed by atoms with Crippen molar-refractivity contribution in [2.24, 2.45) is 0 Å². The summed E-state index contributed by atoms with van der Waals surface area (Å²) < 4.78 is 0. The van der Waals surface area contributed by atoms with Crippen LogP contribution in [-0.2, 0) is 16.2 Å². The fourth-order valence-electron chi connectivity index (χ4n) is 13.3. The first-order valence-corrected chi connectivity index (χ1v) is 25.6. The maximum absolute atomic E-state index is 11.5. The summed E-state index contributed by atoms with van der Waals surface area (Å²) in [5.74, 6) is 0. The molecule has 0 bridgehead atoms. The first kappa shape index (κ1) is 43.1. The lowest BCUT2D eigenvalue weighted by atomic mass is 9.80. The fourth-order valence-corrected chi connectivity index (χ4v) is 13.3. The normalized spacial score (nSPS) is 16.0. The lowest BCUT2D eigenvalue weighted by Crippen LogP contribution is -2.20. The smallest absolute Gasteiger partial charge is 0.106 e. The third-order valence-corrected chi connectivity index (χ3v) is 17.0. The van der Waals surface area contributed by atoms with Crippen LogP contribution < -0.4 is 4.90 Å². The number of nitrogens with zero attached hydrogens (tertiary/aromatic N) is 2. The molecular weight excluding hydrogens is 881 g/mol. The molecule has 0 spiro atoms. The van der Waals surface area contributed by atoms with Gasteiger partial charge in [-0.15, -0.1) is 0 Å². The molecule has 11 aromatic carbocycles. The summed E-state index contributed by atoms with van der Waals surface area (Å²) >= 11 is 0. The van der Waals surface area contributed by atoms with Crippen LogP contribution in [0.25, 0.3) is 88.3 Å². The molecule has 2 heteroatoms. The molecule has 0 heterocycles. The van der Waals surface area contributed by atoms with Crippen LogP contribution in [0.3, 0.4) is 0 Å². The highest BCUT2D eigenvalue weighted by Gasteiger charge is 2.42. The minimum absolute atomic E-state index is 0.169. The zero-order valence-corrected chi connectivity index (χ0v) is 41.8. The molecule has 346 valence electrons. The maximum atomic E-state index is 11.5. The van der Waals surface area contributed by atoms with E-state index >= 15 is 0 Å². The summed E-state index contributed by atoms with van der Waals surface area (Å²) in [5.41, 5.74) is 23.9. The largest absolute Gasteiger partial charge is 0.310 e. The molecule has 3 aliphatic carbocycles. The summed E-state index contributed by atoms with van der Waals surface area (Å²) in [5, 5.41) is 16.4. The number of nitriles is 1. The molecule has 0 fully saturated rings. The maximum Gasteiger partial charge on any atom is 0.106 e. The fraction of sp³-hybridized carbons (Fsp3) is 0.113. The van der Waals surface area contributed by atoms with E-state index in [1.807, 2.05) is 0 Å². The van der Waals surface area contributed by atoms with Crippen molar-refractivity contribution in [2.45, 2.75) is 50.9 Å². The molecule has 0 aliphatic heterocycles. The van der Waals surface area contributed by atoms with Crippen LogP contribution in [0.2, 0.25) is 0 Å². The predicted molar refractivity (Wildman–Crippen MR) is 305 cm³/mol. The van der Waals surface area contributed by atoms with E-state index in [0.717, 1.165) is 50.4 Å². The van der Waals surface area contributed by atoms with Crippen LogP contribution in [0, 0.1) is 11.3 Å². The molecule has 73 heavy (non-hydrogen) atoms. The van der Waals surface area contributed by atoms with E-state index in [2.05, 4.69) is 270 Å². The van der Waals surface area contributed by atoms with E-state index in [1.165, 1.54) is 88.3 Å². The number of hydrogen-bond acceptors (Lipinski definition) is 2. The first-order valence-electron chi connectivity index (χ1n) is 25.6. The molecule has 3 aliphatic rings. The second-order valence-electron chi connectivity index (χ2n) is 21.7. The van der Waals surface area contributed by atoms with Gasteiger partial charge in [0.25, 0.3) is 0 Å². The highest BCUT2D eigenvalue weighted by Crippen LogP contribution is 2.56. The van der Waals surface area contributed by atoms with Crippen LogP contribution in [0.1, 0.15) is 68.0 Å². The van der Waals surface area contributed by atoms with Crippen LogP contribution in [0.15, 0.2) is 224 Å². The Balaban J connectivity index is 0.920. The summed E-state index contributed by atoms with van der Waals surface area (Å²) in [7, 11) is 0. The summed E-state index contributed by atoms with van der Waals surface area (Å²) in [6.45, 7) is 11.5. The third-order valence-electron chi connectivity index (χ3n) is 17.0. The molecule has 0 saturated heterocycles. The molecule has 14 rings (SSSR count). The number of rotatable bonds is 6. The number of anilines is 3. The van der Waals surface area contributed by atoms with Gasteiger partial charge in [-0.25, -0.2) is 0 Å². The van der Waals surface area contributed by atoms with Crippen LogP contribution in [0.4, 0.5) is 17.1 Å². The average Bonchev–Trinajstić information content (AvgIpc) is 3.92. The lowest BCUT2D eigenvalue weighted by molar-refractivity contribution is 0.660. The zero-order chi connectivity index (χ0) is 49.4. The van der Waals surface area contributed by atoms with Gasteiger partial charge in [-0.3, -0.25) is 0 Å². The lowest BCUT2D eigenvalue weighted by Gasteiger charge is -2.30. The Hall–Kier alpha value is -8.77. The summed E-state index contributed by atoms with van der Waals surface area (Å²) in [4.78, 5) is 2.43. The standard InChI is InChI=1S/C71H52N2/c1-69(2)61-26-16-14-22-51(61)53-35-30-48(40-63(53)69)73(49-31-36-54-52-23-15-17-27-62(52)70(3,4)64(54)41-49)50-32-37-56-55-33-28-47(39-65(55)71(5,43-72)66(56)42-50)46-29-34-59-60(38-46)68(45-20-10-7-11-21-45)58-25-13-12-24-57(58)67(59)44-18-8-6-9-19-44/h6-42H,1-5H3. The molecule has 0 saturated carbocycles. The second-order valence-corrected chi connectivity index (χ2v) is 21.7. The van der Waals surface area contributed by atoms with Crippen molar-refractivity contribution < 1.29 is 0 Å². The molecule has 0 aromatic heterocycles. The quantitative estimate of drug-likeness (QED) is 0.155. The van der Waals surface area contributed by atoms with Crippen molar-refractivity contribution in [1.82, 2.24) is 0 Å². The molecule has 0 N–H and O–H groups in total. The van der Waals surface area contributed by atoms with E-state index in [0.29, 0.717) is 0 Å². The summed E-state index contributed by atoms with van der Waals surface area (Å²) in [6, 6.07) is 85.7. The van der Waals surface area contributed by atoms with Gasteiger partial charge in [0.1, 0.15) is 5.41 Å².